The van der Waals surface area contributed by atoms with Crippen LogP contribution in [0.1, 0.15) is 29.2 Å². The van der Waals surface area contributed by atoms with E-state index in [1.165, 1.54) is 23.3 Å². The van der Waals surface area contributed by atoms with Gasteiger partial charge in [0.05, 0.1) is 0 Å². The third kappa shape index (κ3) is 2.59. The molecule has 1 heterocycles. The average Bonchev–Trinajstić information content (AvgIpc) is 3.26. The van der Waals surface area contributed by atoms with E-state index in [1.54, 1.807) is 17.4 Å². The summed E-state index contributed by atoms with van der Waals surface area (Å²) in [7, 11) is 0. The highest BCUT2D eigenvalue weighted by atomic mass is 32.1. The molecule has 0 spiro atoms. The minimum atomic E-state index is -0.137. The molecule has 0 saturated heterocycles. The first-order chi connectivity index (χ1) is 10.7. The Morgan fingerprint density at radius 3 is 2.32 bits per heavy atom. The van der Waals surface area contributed by atoms with Crippen LogP contribution in [0.2, 0.25) is 0 Å². The van der Waals surface area contributed by atoms with Gasteiger partial charge in [-0.15, -0.1) is 11.3 Å². The van der Waals surface area contributed by atoms with Gasteiger partial charge in [-0.1, -0.05) is 35.9 Å². The lowest BCUT2D eigenvalue weighted by atomic mass is 10.0. The fourth-order valence-electron chi connectivity index (χ4n) is 2.73. The first-order valence-corrected chi connectivity index (χ1v) is 8.49. The second-order valence-corrected chi connectivity index (χ2v) is 7.15. The number of hydrogen-bond acceptors (Lipinski definition) is 1. The van der Waals surface area contributed by atoms with E-state index >= 15 is 0 Å². The van der Waals surface area contributed by atoms with Crippen LogP contribution in [0.4, 0.5) is 4.39 Å². The summed E-state index contributed by atoms with van der Waals surface area (Å²) < 4.78 is 14.5. The first kappa shape index (κ1) is 13.7. The fourth-order valence-corrected chi connectivity index (χ4v) is 3.93. The van der Waals surface area contributed by atoms with Gasteiger partial charge in [0.2, 0.25) is 0 Å². The van der Waals surface area contributed by atoms with E-state index in [-0.39, 0.29) is 5.82 Å². The quantitative estimate of drug-likeness (QED) is 0.524. The predicted octanol–water partition coefficient (Wildman–Crippen LogP) is 6.41. The largest absolute Gasteiger partial charge is 0.206 e. The molecule has 0 nitrogen and oxygen atoms in total. The van der Waals surface area contributed by atoms with Gasteiger partial charge in [-0.2, -0.15) is 0 Å². The highest BCUT2D eigenvalue weighted by Gasteiger charge is 2.25. The summed E-state index contributed by atoms with van der Waals surface area (Å²) in [6.07, 6.45) is 2.57. The van der Waals surface area contributed by atoms with E-state index in [1.807, 2.05) is 24.3 Å². The van der Waals surface area contributed by atoms with Crippen molar-refractivity contribution in [1.82, 2.24) is 0 Å². The molecule has 0 aliphatic heterocycles. The van der Waals surface area contributed by atoms with Crippen molar-refractivity contribution < 1.29 is 4.39 Å². The van der Waals surface area contributed by atoms with E-state index < -0.39 is 0 Å². The first-order valence-electron chi connectivity index (χ1n) is 7.67. The molecule has 2 aromatic carbocycles. The molecule has 1 fully saturated rings. The smallest absolute Gasteiger partial charge is 0.132 e. The maximum Gasteiger partial charge on any atom is 0.132 e. The molecule has 22 heavy (non-hydrogen) atoms. The van der Waals surface area contributed by atoms with Crippen LogP contribution < -0.4 is 0 Å². The Labute approximate surface area is 134 Å². The molecule has 110 valence electrons. The van der Waals surface area contributed by atoms with Crippen LogP contribution in [0.15, 0.2) is 54.6 Å². The lowest BCUT2D eigenvalue weighted by molar-refractivity contribution is 0.632. The molecule has 0 bridgehead atoms. The van der Waals surface area contributed by atoms with Crippen molar-refractivity contribution in [3.63, 3.8) is 0 Å². The molecule has 0 radical (unpaired) electrons. The van der Waals surface area contributed by atoms with Crippen molar-refractivity contribution in [3.05, 3.63) is 70.9 Å². The molecular formula is C20H17FS. The molecule has 0 amide bonds. The fraction of sp³-hybridized carbons (Fsp3) is 0.200. The normalized spacial score (nSPS) is 14.3. The van der Waals surface area contributed by atoms with E-state index in [2.05, 4.69) is 31.2 Å². The summed E-state index contributed by atoms with van der Waals surface area (Å²) in [5, 5.41) is 0. The van der Waals surface area contributed by atoms with Crippen LogP contribution in [0.5, 0.6) is 0 Å². The molecule has 2 heteroatoms. The monoisotopic (exact) mass is 308 g/mol. The standard InChI is InChI=1S/C20H17FS/c1-13-2-4-14(5-3-13)16-8-9-17(18(21)12-16)20-11-10-19(22-20)15-6-7-15/h2-5,8-12,15H,6-7H2,1H3. The molecule has 0 unspecified atom stereocenters. The van der Waals surface area contributed by atoms with Crippen LogP contribution in [-0.4, -0.2) is 0 Å². The van der Waals surface area contributed by atoms with Gasteiger partial charge in [0.1, 0.15) is 5.82 Å². The lowest BCUT2D eigenvalue weighted by Crippen LogP contribution is -1.85. The number of benzene rings is 2. The van der Waals surface area contributed by atoms with Crippen molar-refractivity contribution in [2.75, 3.05) is 0 Å². The SMILES string of the molecule is Cc1ccc(-c2ccc(-c3ccc(C4CC4)s3)c(F)c2)cc1. The summed E-state index contributed by atoms with van der Waals surface area (Å²) in [5.74, 6) is 0.593. The van der Waals surface area contributed by atoms with Crippen molar-refractivity contribution in [2.45, 2.75) is 25.7 Å². The van der Waals surface area contributed by atoms with Crippen molar-refractivity contribution >= 4 is 11.3 Å². The molecule has 1 aliphatic rings. The molecule has 3 aromatic rings. The van der Waals surface area contributed by atoms with E-state index in [9.17, 15) is 4.39 Å². The zero-order chi connectivity index (χ0) is 15.1. The number of rotatable bonds is 3. The Kier molecular flexibility index (Phi) is 3.34. The van der Waals surface area contributed by atoms with Crippen LogP contribution in [0, 0.1) is 12.7 Å². The van der Waals surface area contributed by atoms with Gasteiger partial charge in [0, 0.05) is 15.3 Å². The third-order valence-corrected chi connectivity index (χ3v) is 5.51. The Balaban J connectivity index is 1.68. The minimum absolute atomic E-state index is 0.137. The minimum Gasteiger partial charge on any atom is -0.206 e. The highest BCUT2D eigenvalue weighted by molar-refractivity contribution is 7.15. The van der Waals surface area contributed by atoms with E-state index in [0.717, 1.165) is 21.9 Å². The topological polar surface area (TPSA) is 0 Å². The maximum atomic E-state index is 14.5. The van der Waals surface area contributed by atoms with Crippen molar-refractivity contribution in [3.8, 4) is 21.6 Å². The second kappa shape index (κ2) is 5.36. The summed E-state index contributed by atoms with van der Waals surface area (Å²) >= 11 is 1.73. The lowest BCUT2D eigenvalue weighted by Gasteiger charge is -2.06. The van der Waals surface area contributed by atoms with Crippen molar-refractivity contribution in [1.29, 1.82) is 0 Å². The van der Waals surface area contributed by atoms with Crippen LogP contribution in [0.3, 0.4) is 0 Å². The Morgan fingerprint density at radius 2 is 1.64 bits per heavy atom. The predicted molar refractivity (Wildman–Crippen MR) is 91.9 cm³/mol. The number of aryl methyl sites for hydroxylation is 1. The molecule has 1 aliphatic carbocycles. The highest BCUT2D eigenvalue weighted by Crippen LogP contribution is 2.45. The van der Waals surface area contributed by atoms with E-state index in [0.29, 0.717) is 5.56 Å². The molecule has 4 rings (SSSR count). The van der Waals surface area contributed by atoms with Gasteiger partial charge < -0.3 is 0 Å². The van der Waals surface area contributed by atoms with Gasteiger partial charge in [0.15, 0.2) is 0 Å². The van der Waals surface area contributed by atoms with Gasteiger partial charge in [-0.3, -0.25) is 0 Å². The van der Waals surface area contributed by atoms with Crippen LogP contribution >= 0.6 is 11.3 Å². The Morgan fingerprint density at radius 1 is 0.909 bits per heavy atom. The summed E-state index contributed by atoms with van der Waals surface area (Å²) in [6, 6.07) is 18.0. The van der Waals surface area contributed by atoms with Crippen LogP contribution in [0.25, 0.3) is 21.6 Å². The summed E-state index contributed by atoms with van der Waals surface area (Å²) in [4.78, 5) is 2.44. The summed E-state index contributed by atoms with van der Waals surface area (Å²) in [5.41, 5.74) is 3.92. The Bertz CT molecular complexity index is 810. The number of thiophene rings is 1. The van der Waals surface area contributed by atoms with E-state index in [4.69, 9.17) is 0 Å². The molecule has 1 saturated carbocycles. The van der Waals surface area contributed by atoms with Gasteiger partial charge in [0.25, 0.3) is 0 Å². The van der Waals surface area contributed by atoms with Crippen LogP contribution in [-0.2, 0) is 0 Å². The zero-order valence-electron chi connectivity index (χ0n) is 12.5. The number of hydrogen-bond donors (Lipinski definition) is 0. The number of halogens is 1. The maximum absolute atomic E-state index is 14.5. The molecule has 0 N–H and O–H groups in total. The van der Waals surface area contributed by atoms with Gasteiger partial charge in [-0.05, 0) is 61.1 Å². The Hall–Kier alpha value is -1.93. The molecular weight excluding hydrogens is 291 g/mol. The summed E-state index contributed by atoms with van der Waals surface area (Å²) in [6.45, 7) is 2.06. The van der Waals surface area contributed by atoms with Crippen molar-refractivity contribution in [2.24, 2.45) is 0 Å². The zero-order valence-corrected chi connectivity index (χ0v) is 13.3. The molecule has 1 aromatic heterocycles. The molecule has 0 atom stereocenters. The third-order valence-electron chi connectivity index (χ3n) is 4.23. The van der Waals surface area contributed by atoms with Gasteiger partial charge >= 0.3 is 0 Å². The second-order valence-electron chi connectivity index (χ2n) is 6.04. The average molecular weight is 308 g/mol. The van der Waals surface area contributed by atoms with Gasteiger partial charge in [-0.25, -0.2) is 4.39 Å².